The zero-order valence-corrected chi connectivity index (χ0v) is 18.3. The van der Waals surface area contributed by atoms with Crippen molar-refractivity contribution in [3.63, 3.8) is 0 Å². The molecule has 33 heavy (non-hydrogen) atoms. The smallest absolute Gasteiger partial charge is 0.288 e. The van der Waals surface area contributed by atoms with Gasteiger partial charge < -0.3 is 28.6 Å². The second kappa shape index (κ2) is 9.79. The number of morpholine rings is 1. The molecule has 172 valence electrons. The summed E-state index contributed by atoms with van der Waals surface area (Å²) in [6, 6.07) is 15.5. The lowest BCUT2D eigenvalue weighted by molar-refractivity contribution is -0.158. The molecule has 0 aliphatic carbocycles. The van der Waals surface area contributed by atoms with E-state index >= 15 is 0 Å². The van der Waals surface area contributed by atoms with Crippen molar-refractivity contribution in [1.82, 2.24) is 4.90 Å². The van der Waals surface area contributed by atoms with E-state index in [-0.39, 0.29) is 18.4 Å². The molecule has 5 rings (SSSR count). The highest BCUT2D eigenvalue weighted by molar-refractivity contribution is 5.92. The van der Waals surface area contributed by atoms with Crippen molar-refractivity contribution in [2.45, 2.75) is 31.8 Å². The van der Waals surface area contributed by atoms with Gasteiger partial charge in [-0.15, -0.1) is 0 Å². The van der Waals surface area contributed by atoms with Gasteiger partial charge in [-0.25, -0.2) is 0 Å². The molecule has 0 unspecified atom stereocenters. The number of carbonyl (C=O) groups is 1. The van der Waals surface area contributed by atoms with Gasteiger partial charge in [-0.1, -0.05) is 42.5 Å². The monoisotopic (exact) mass is 449 g/mol. The van der Waals surface area contributed by atoms with Gasteiger partial charge in [-0.2, -0.15) is 0 Å². The molecule has 1 amide bonds. The Morgan fingerprint density at radius 3 is 2.61 bits per heavy atom. The number of hydrogen-bond donors (Lipinski definition) is 1. The van der Waals surface area contributed by atoms with Crippen LogP contribution in [0.25, 0.3) is 11.0 Å². The quantitative estimate of drug-likeness (QED) is 0.618. The number of nitrogens with zero attached hydrogens (tertiary/aromatic N) is 1. The van der Waals surface area contributed by atoms with Crippen LogP contribution in [-0.2, 0) is 32.2 Å². The number of aliphatic hydroxyl groups excluding tert-OH is 1. The molecule has 3 heterocycles. The first-order valence-electron chi connectivity index (χ1n) is 11.2. The minimum atomic E-state index is -0.578. The number of hydrogen-bond acceptors (Lipinski definition) is 6. The van der Waals surface area contributed by atoms with Crippen molar-refractivity contribution in [1.29, 1.82) is 0 Å². The van der Waals surface area contributed by atoms with Gasteiger partial charge in [0.05, 0.1) is 32.7 Å². The van der Waals surface area contributed by atoms with Crippen LogP contribution in [0.5, 0.6) is 0 Å². The second-order valence-corrected chi connectivity index (χ2v) is 8.30. The van der Waals surface area contributed by atoms with Gasteiger partial charge in [-0.05, 0) is 23.3 Å². The van der Waals surface area contributed by atoms with Crippen molar-refractivity contribution < 1.29 is 28.5 Å². The lowest BCUT2D eigenvalue weighted by atomic mass is 9.92. The van der Waals surface area contributed by atoms with E-state index in [2.05, 4.69) is 0 Å². The van der Waals surface area contributed by atoms with Crippen molar-refractivity contribution in [3.05, 3.63) is 83.3 Å². The normalized spacial score (nSPS) is 21.0. The van der Waals surface area contributed by atoms with Crippen LogP contribution in [0.4, 0.5) is 0 Å². The SMILES string of the molecule is O=C(C1=C[C@H](c2coc3ccccc23)C[C@H](OCc2ccc(CO)cc2)O1)N1CCOCC1. The molecule has 2 aromatic carbocycles. The third-order valence-corrected chi connectivity index (χ3v) is 6.12. The molecule has 2 aliphatic heterocycles. The van der Waals surface area contributed by atoms with Crippen LogP contribution in [0.3, 0.4) is 0 Å². The molecule has 0 spiro atoms. The molecule has 0 radical (unpaired) electrons. The van der Waals surface area contributed by atoms with E-state index in [1.807, 2.05) is 54.6 Å². The molecule has 7 heteroatoms. The summed E-state index contributed by atoms with van der Waals surface area (Å²) in [5, 5.41) is 10.3. The van der Waals surface area contributed by atoms with Gasteiger partial charge in [0.1, 0.15) is 5.58 Å². The molecule has 0 bridgehead atoms. The summed E-state index contributed by atoms with van der Waals surface area (Å²) in [6.45, 7) is 2.49. The fraction of sp³-hybridized carbons (Fsp3) is 0.346. The Bertz CT molecular complexity index is 1130. The van der Waals surface area contributed by atoms with Crippen LogP contribution >= 0.6 is 0 Å². The molecule has 1 N–H and O–H groups in total. The molecule has 1 saturated heterocycles. The van der Waals surface area contributed by atoms with Crippen LogP contribution in [0.2, 0.25) is 0 Å². The van der Waals surface area contributed by atoms with Gasteiger partial charge in [-0.3, -0.25) is 4.79 Å². The minimum absolute atomic E-state index is 0.00498. The minimum Gasteiger partial charge on any atom is -0.464 e. The first kappa shape index (κ1) is 21.7. The maximum absolute atomic E-state index is 13.2. The number of rotatable bonds is 6. The van der Waals surface area contributed by atoms with Crippen molar-refractivity contribution in [3.8, 4) is 0 Å². The molecule has 7 nitrogen and oxygen atoms in total. The number of carbonyl (C=O) groups excluding carboxylic acids is 1. The molecular weight excluding hydrogens is 422 g/mol. The number of para-hydroxylation sites is 1. The number of furan rings is 1. The zero-order valence-electron chi connectivity index (χ0n) is 18.3. The van der Waals surface area contributed by atoms with E-state index in [1.54, 1.807) is 11.2 Å². The largest absolute Gasteiger partial charge is 0.464 e. The molecule has 2 aliphatic rings. The maximum atomic E-state index is 13.2. The van der Waals surface area contributed by atoms with Crippen LogP contribution in [-0.4, -0.2) is 48.5 Å². The Labute approximate surface area is 192 Å². The van der Waals surface area contributed by atoms with Crippen molar-refractivity contribution in [2.75, 3.05) is 26.3 Å². The first-order chi connectivity index (χ1) is 16.2. The van der Waals surface area contributed by atoms with Gasteiger partial charge >= 0.3 is 0 Å². The van der Waals surface area contributed by atoms with E-state index in [1.165, 1.54) is 0 Å². The molecule has 3 aromatic rings. The highest BCUT2D eigenvalue weighted by Gasteiger charge is 2.32. The van der Waals surface area contributed by atoms with Crippen LogP contribution in [0.15, 0.2) is 71.0 Å². The Morgan fingerprint density at radius 1 is 1.06 bits per heavy atom. The zero-order chi connectivity index (χ0) is 22.6. The molecule has 1 aromatic heterocycles. The van der Waals surface area contributed by atoms with Crippen molar-refractivity contribution in [2.24, 2.45) is 0 Å². The standard InChI is InChI=1S/C26H27NO6/c28-15-18-5-7-19(8-6-18)16-32-25-14-20(22-17-31-23-4-2-1-3-21(22)23)13-24(33-25)26(29)27-9-11-30-12-10-27/h1-8,13,17,20,25,28H,9-12,14-16H2/t20-,25+/m0/s1. The summed E-state index contributed by atoms with van der Waals surface area (Å²) in [5.41, 5.74) is 3.65. The fourth-order valence-electron chi connectivity index (χ4n) is 4.27. The topological polar surface area (TPSA) is 81.4 Å². The average molecular weight is 450 g/mol. The first-order valence-corrected chi connectivity index (χ1v) is 11.2. The van der Waals surface area contributed by atoms with Crippen LogP contribution < -0.4 is 0 Å². The van der Waals surface area contributed by atoms with E-state index in [9.17, 15) is 9.90 Å². The average Bonchev–Trinajstić information content (AvgIpc) is 3.32. The third-order valence-electron chi connectivity index (χ3n) is 6.12. The summed E-state index contributed by atoms with van der Waals surface area (Å²) in [5.74, 6) is 0.0833. The molecule has 1 fully saturated rings. The van der Waals surface area contributed by atoms with Gasteiger partial charge in [0.15, 0.2) is 5.76 Å². The van der Waals surface area contributed by atoms with Gasteiger partial charge in [0.25, 0.3) is 5.91 Å². The van der Waals surface area contributed by atoms with E-state index < -0.39 is 6.29 Å². The second-order valence-electron chi connectivity index (χ2n) is 8.30. The van der Waals surface area contributed by atoms with Gasteiger partial charge in [0.2, 0.25) is 6.29 Å². The number of amides is 1. The predicted molar refractivity (Wildman–Crippen MR) is 121 cm³/mol. The van der Waals surface area contributed by atoms with Crippen LogP contribution in [0.1, 0.15) is 29.0 Å². The summed E-state index contributed by atoms with van der Waals surface area (Å²) < 4.78 is 23.3. The van der Waals surface area contributed by atoms with E-state index in [4.69, 9.17) is 18.6 Å². The number of benzene rings is 2. The molecule has 2 atom stereocenters. The van der Waals surface area contributed by atoms with Crippen LogP contribution in [0, 0.1) is 0 Å². The van der Waals surface area contributed by atoms with E-state index in [0.29, 0.717) is 45.1 Å². The Balaban J connectivity index is 1.38. The lowest BCUT2D eigenvalue weighted by Gasteiger charge is -2.32. The summed E-state index contributed by atoms with van der Waals surface area (Å²) in [4.78, 5) is 15.0. The summed E-state index contributed by atoms with van der Waals surface area (Å²) in [7, 11) is 0. The number of fused-ring (bicyclic) bond motifs is 1. The predicted octanol–water partition coefficient (Wildman–Crippen LogP) is 3.71. The number of ether oxygens (including phenoxy) is 3. The highest BCUT2D eigenvalue weighted by atomic mass is 16.7. The Hall–Kier alpha value is -3.13. The molecule has 0 saturated carbocycles. The Morgan fingerprint density at radius 2 is 1.82 bits per heavy atom. The number of allylic oxidation sites excluding steroid dienone is 1. The van der Waals surface area contributed by atoms with Gasteiger partial charge in [0, 0.05) is 36.4 Å². The van der Waals surface area contributed by atoms with E-state index in [0.717, 1.165) is 27.7 Å². The maximum Gasteiger partial charge on any atom is 0.288 e. The lowest BCUT2D eigenvalue weighted by Crippen LogP contribution is -2.43. The molecular formula is C26H27NO6. The highest BCUT2D eigenvalue weighted by Crippen LogP contribution is 2.37. The van der Waals surface area contributed by atoms with Crippen molar-refractivity contribution >= 4 is 16.9 Å². The Kier molecular flexibility index (Phi) is 6.44. The summed E-state index contributed by atoms with van der Waals surface area (Å²) in [6.07, 6.45) is 3.65. The third kappa shape index (κ3) is 4.80. The summed E-state index contributed by atoms with van der Waals surface area (Å²) >= 11 is 0. The number of aliphatic hydroxyl groups is 1. The fourth-order valence-corrected chi connectivity index (χ4v) is 4.27.